The van der Waals surface area contributed by atoms with Crippen molar-refractivity contribution in [1.82, 2.24) is 14.8 Å². The fourth-order valence-electron chi connectivity index (χ4n) is 4.35. The van der Waals surface area contributed by atoms with Gasteiger partial charge in [0.15, 0.2) is 0 Å². The molecule has 2 aromatic rings. The SMILES string of the molecule is Cc1ncc(CN2CCC23CCCN(C(=O)CCc2ccc(Cl)cc2)C3)s1.O=C(O)C(F)(F)F. The van der Waals surface area contributed by atoms with Crippen LogP contribution in [-0.2, 0) is 22.6 Å². The van der Waals surface area contributed by atoms with Gasteiger partial charge in [0.1, 0.15) is 0 Å². The number of piperidine rings is 1. The molecule has 1 unspecified atom stereocenters. The minimum atomic E-state index is -5.08. The lowest BCUT2D eigenvalue weighted by molar-refractivity contribution is -0.192. The Kier molecular flexibility index (Phi) is 8.59. The number of benzene rings is 1. The molecule has 6 nitrogen and oxygen atoms in total. The van der Waals surface area contributed by atoms with Crippen LogP contribution in [0.1, 0.15) is 41.1 Å². The lowest BCUT2D eigenvalue weighted by Crippen LogP contribution is -2.66. The van der Waals surface area contributed by atoms with Gasteiger partial charge in [0.25, 0.3) is 0 Å². The van der Waals surface area contributed by atoms with E-state index in [9.17, 15) is 18.0 Å². The normalized spacial score (nSPS) is 20.4. The number of rotatable bonds is 5. The van der Waals surface area contributed by atoms with Crippen LogP contribution >= 0.6 is 22.9 Å². The number of halogens is 4. The van der Waals surface area contributed by atoms with E-state index in [1.54, 1.807) is 11.3 Å². The van der Waals surface area contributed by atoms with Crippen molar-refractivity contribution in [2.75, 3.05) is 19.6 Å². The van der Waals surface area contributed by atoms with Gasteiger partial charge in [-0.25, -0.2) is 9.78 Å². The molecule has 2 aliphatic rings. The van der Waals surface area contributed by atoms with Crippen LogP contribution in [0.15, 0.2) is 30.5 Å². The molecule has 1 amide bonds. The number of hydrogen-bond acceptors (Lipinski definition) is 5. The van der Waals surface area contributed by atoms with Gasteiger partial charge in [-0.15, -0.1) is 11.3 Å². The van der Waals surface area contributed by atoms with Gasteiger partial charge in [0, 0.05) is 54.2 Å². The first-order valence-corrected chi connectivity index (χ1v) is 12.2. The molecule has 1 atom stereocenters. The summed E-state index contributed by atoms with van der Waals surface area (Å²) in [5.41, 5.74) is 1.36. The van der Waals surface area contributed by atoms with E-state index in [0.717, 1.165) is 49.1 Å². The summed E-state index contributed by atoms with van der Waals surface area (Å²) in [4.78, 5) is 32.1. The Morgan fingerprint density at radius 2 is 1.88 bits per heavy atom. The summed E-state index contributed by atoms with van der Waals surface area (Å²) in [6, 6.07) is 7.81. The predicted molar refractivity (Wildman–Crippen MR) is 124 cm³/mol. The summed E-state index contributed by atoms with van der Waals surface area (Å²) >= 11 is 7.72. The highest BCUT2D eigenvalue weighted by Gasteiger charge is 2.47. The predicted octanol–water partition coefficient (Wildman–Crippen LogP) is 4.94. The molecule has 2 saturated heterocycles. The van der Waals surface area contributed by atoms with E-state index in [1.807, 2.05) is 30.5 Å². The second-order valence-electron chi connectivity index (χ2n) is 8.59. The van der Waals surface area contributed by atoms with Gasteiger partial charge in [0.2, 0.25) is 5.91 Å². The third-order valence-corrected chi connectivity index (χ3v) is 7.37. The smallest absolute Gasteiger partial charge is 0.475 e. The molecule has 0 saturated carbocycles. The molecular weight excluding hydrogens is 491 g/mol. The average Bonchev–Trinajstić information content (AvgIpc) is 3.21. The fourth-order valence-corrected chi connectivity index (χ4v) is 5.28. The van der Waals surface area contributed by atoms with Gasteiger partial charge in [-0.1, -0.05) is 23.7 Å². The zero-order valence-electron chi connectivity index (χ0n) is 18.8. The molecule has 1 spiro atoms. The lowest BCUT2D eigenvalue weighted by Gasteiger charge is -2.57. The molecule has 186 valence electrons. The average molecular weight is 518 g/mol. The summed E-state index contributed by atoms with van der Waals surface area (Å²) in [7, 11) is 0. The molecule has 34 heavy (non-hydrogen) atoms. The Morgan fingerprint density at radius 3 is 2.41 bits per heavy atom. The molecular formula is C23H27ClF3N3O3S. The Morgan fingerprint density at radius 1 is 1.21 bits per heavy atom. The Hall–Kier alpha value is -2.17. The maximum atomic E-state index is 12.8. The highest BCUT2D eigenvalue weighted by atomic mass is 35.5. The first-order valence-electron chi connectivity index (χ1n) is 11.0. The summed E-state index contributed by atoms with van der Waals surface area (Å²) in [6.07, 6.45) is 1.78. The standard InChI is InChI=1S/C21H26ClN3OS.C2HF3O2/c1-16-23-13-19(27-16)14-25-12-10-21(25)9-2-11-24(15-21)20(26)8-5-17-3-6-18(22)7-4-17;3-2(4,5)1(6)7/h3-4,6-7,13H,2,5,8-12,14-15H2,1H3;(H,6,7). The minimum Gasteiger partial charge on any atom is -0.475 e. The Labute approximate surface area is 205 Å². The number of likely N-dealkylation sites (tertiary alicyclic amines) is 2. The number of nitrogens with zero attached hydrogens (tertiary/aromatic N) is 3. The highest BCUT2D eigenvalue weighted by molar-refractivity contribution is 7.11. The number of alkyl halides is 3. The number of carboxylic acid groups (broad SMARTS) is 1. The second-order valence-corrected chi connectivity index (χ2v) is 10.3. The van der Waals surface area contributed by atoms with Gasteiger partial charge in [-0.3, -0.25) is 9.69 Å². The first kappa shape index (κ1) is 26.4. The third kappa shape index (κ3) is 6.93. The number of aliphatic carboxylic acids is 1. The minimum absolute atomic E-state index is 0.187. The zero-order chi connectivity index (χ0) is 24.9. The number of carboxylic acids is 1. The molecule has 1 N–H and O–H groups in total. The van der Waals surface area contributed by atoms with Gasteiger partial charge >= 0.3 is 12.1 Å². The summed E-state index contributed by atoms with van der Waals surface area (Å²) in [5.74, 6) is -2.47. The largest absolute Gasteiger partial charge is 0.490 e. The van der Waals surface area contributed by atoms with E-state index < -0.39 is 12.1 Å². The molecule has 11 heteroatoms. The number of aryl methyl sites for hydroxylation is 2. The number of carbonyl (C=O) groups is 2. The first-order chi connectivity index (χ1) is 16.0. The maximum absolute atomic E-state index is 12.8. The summed E-state index contributed by atoms with van der Waals surface area (Å²) in [5, 5.41) is 8.99. The molecule has 2 aliphatic heterocycles. The highest BCUT2D eigenvalue weighted by Crippen LogP contribution is 2.40. The zero-order valence-corrected chi connectivity index (χ0v) is 20.3. The molecule has 4 rings (SSSR count). The van der Waals surface area contributed by atoms with Crippen LogP contribution in [0.2, 0.25) is 5.02 Å². The monoisotopic (exact) mass is 517 g/mol. The van der Waals surface area contributed by atoms with Gasteiger partial charge in [-0.05, 0) is 50.3 Å². The third-order valence-electron chi connectivity index (χ3n) is 6.23. The number of amides is 1. The van der Waals surface area contributed by atoms with Crippen molar-refractivity contribution in [3.8, 4) is 0 Å². The van der Waals surface area contributed by atoms with Crippen molar-refractivity contribution in [2.24, 2.45) is 0 Å². The number of thiazole rings is 1. The van der Waals surface area contributed by atoms with Crippen molar-refractivity contribution in [3.63, 3.8) is 0 Å². The molecule has 0 aliphatic carbocycles. The van der Waals surface area contributed by atoms with E-state index in [1.165, 1.54) is 23.3 Å². The topological polar surface area (TPSA) is 73.7 Å². The van der Waals surface area contributed by atoms with Crippen molar-refractivity contribution in [2.45, 2.75) is 57.3 Å². The van der Waals surface area contributed by atoms with Crippen molar-refractivity contribution in [3.05, 3.63) is 50.9 Å². The van der Waals surface area contributed by atoms with Gasteiger partial charge in [-0.2, -0.15) is 13.2 Å². The van der Waals surface area contributed by atoms with E-state index in [0.29, 0.717) is 6.42 Å². The number of hydrogen-bond donors (Lipinski definition) is 1. The maximum Gasteiger partial charge on any atom is 0.490 e. The molecule has 1 aromatic heterocycles. The number of aromatic nitrogens is 1. The van der Waals surface area contributed by atoms with Crippen LogP contribution in [0.3, 0.4) is 0 Å². The Balaban J connectivity index is 0.000000406. The van der Waals surface area contributed by atoms with Crippen LogP contribution in [0.25, 0.3) is 0 Å². The van der Waals surface area contributed by atoms with Crippen LogP contribution < -0.4 is 0 Å². The van der Waals surface area contributed by atoms with Gasteiger partial charge < -0.3 is 10.0 Å². The molecule has 1 aromatic carbocycles. The lowest BCUT2D eigenvalue weighted by atomic mass is 9.77. The van der Waals surface area contributed by atoms with E-state index in [2.05, 4.69) is 21.7 Å². The molecule has 2 fully saturated rings. The summed E-state index contributed by atoms with van der Waals surface area (Å²) in [6.45, 7) is 5.93. The second kappa shape index (κ2) is 11.0. The van der Waals surface area contributed by atoms with E-state index in [-0.39, 0.29) is 11.4 Å². The summed E-state index contributed by atoms with van der Waals surface area (Å²) < 4.78 is 31.7. The fraction of sp³-hybridized carbons (Fsp3) is 0.522. The molecule has 0 bridgehead atoms. The molecule has 3 heterocycles. The van der Waals surface area contributed by atoms with Crippen molar-refractivity contribution in [1.29, 1.82) is 0 Å². The molecule has 0 radical (unpaired) electrons. The van der Waals surface area contributed by atoms with Gasteiger partial charge in [0.05, 0.1) is 5.01 Å². The van der Waals surface area contributed by atoms with Crippen molar-refractivity contribution < 1.29 is 27.9 Å². The van der Waals surface area contributed by atoms with Crippen LogP contribution in [0, 0.1) is 6.92 Å². The van der Waals surface area contributed by atoms with E-state index >= 15 is 0 Å². The van der Waals surface area contributed by atoms with Crippen LogP contribution in [-0.4, -0.2) is 63.1 Å². The Bertz CT molecular complexity index is 999. The quantitative estimate of drug-likeness (QED) is 0.608. The van der Waals surface area contributed by atoms with E-state index in [4.69, 9.17) is 21.5 Å². The van der Waals surface area contributed by atoms with Crippen molar-refractivity contribution >= 4 is 34.8 Å². The van der Waals surface area contributed by atoms with Crippen LogP contribution in [0.5, 0.6) is 0 Å². The number of carbonyl (C=O) groups excluding carboxylic acids is 1. The van der Waals surface area contributed by atoms with Crippen LogP contribution in [0.4, 0.5) is 13.2 Å².